The number of aromatic carboxylic acids is 1. The fraction of sp³-hybridized carbons (Fsp3) is 0.167. The lowest BCUT2D eigenvalue weighted by molar-refractivity contribution is 0.0698. The van der Waals surface area contributed by atoms with Crippen LogP contribution in [-0.4, -0.2) is 17.0 Å². The van der Waals surface area contributed by atoms with Gasteiger partial charge in [-0.25, -0.2) is 4.79 Å². The number of carbonyl (C=O) groups is 2. The van der Waals surface area contributed by atoms with Crippen molar-refractivity contribution in [2.75, 3.05) is 4.90 Å². The summed E-state index contributed by atoms with van der Waals surface area (Å²) in [6.45, 7) is 6.34. The van der Waals surface area contributed by atoms with Gasteiger partial charge in [0.2, 0.25) is 0 Å². The monoisotopic (exact) mass is 373 g/mol. The molecule has 4 nitrogen and oxygen atoms in total. The average Bonchev–Trinajstić information content (AvgIpc) is 2.68. The molecule has 0 saturated carbocycles. The minimum absolute atomic E-state index is 0.0173. The van der Waals surface area contributed by atoms with Crippen molar-refractivity contribution >= 4 is 23.3 Å². The molecule has 0 heterocycles. The summed E-state index contributed by atoms with van der Waals surface area (Å²) in [6, 6.07) is 23.1. The minimum Gasteiger partial charge on any atom is -0.478 e. The summed E-state index contributed by atoms with van der Waals surface area (Å²) in [5.41, 5.74) is 2.63. The summed E-state index contributed by atoms with van der Waals surface area (Å²) in [4.78, 5) is 26.6. The Bertz CT molecular complexity index is 986. The highest BCUT2D eigenvalue weighted by atomic mass is 16.4. The molecule has 4 heteroatoms. The molecule has 3 rings (SSSR count). The predicted molar refractivity (Wildman–Crippen MR) is 111 cm³/mol. The summed E-state index contributed by atoms with van der Waals surface area (Å²) in [6.07, 6.45) is 0. The second-order valence-corrected chi connectivity index (χ2v) is 7.63. The van der Waals surface area contributed by atoms with Gasteiger partial charge in [0.15, 0.2) is 0 Å². The molecular weight excluding hydrogens is 350 g/mol. The highest BCUT2D eigenvalue weighted by Crippen LogP contribution is 2.31. The van der Waals surface area contributed by atoms with Crippen molar-refractivity contribution in [3.63, 3.8) is 0 Å². The third kappa shape index (κ3) is 3.96. The van der Waals surface area contributed by atoms with E-state index in [0.717, 1.165) is 5.56 Å². The Morgan fingerprint density at radius 3 is 1.93 bits per heavy atom. The van der Waals surface area contributed by atoms with Crippen LogP contribution in [0.2, 0.25) is 0 Å². The van der Waals surface area contributed by atoms with E-state index in [-0.39, 0.29) is 16.9 Å². The Hall–Kier alpha value is -3.40. The molecule has 0 aliphatic rings. The molecular formula is C24H23NO3. The molecule has 0 aliphatic carbocycles. The first kappa shape index (κ1) is 19.4. The number of rotatable bonds is 4. The third-order valence-corrected chi connectivity index (χ3v) is 4.59. The smallest absolute Gasteiger partial charge is 0.337 e. The Kier molecular flexibility index (Phi) is 5.32. The highest BCUT2D eigenvalue weighted by Gasteiger charge is 2.24. The van der Waals surface area contributed by atoms with Gasteiger partial charge < -0.3 is 5.11 Å². The topological polar surface area (TPSA) is 57.6 Å². The van der Waals surface area contributed by atoms with Gasteiger partial charge in [0.1, 0.15) is 0 Å². The second-order valence-electron chi connectivity index (χ2n) is 7.63. The molecule has 1 amide bonds. The van der Waals surface area contributed by atoms with Crippen LogP contribution in [0.1, 0.15) is 47.1 Å². The van der Waals surface area contributed by atoms with Crippen molar-refractivity contribution in [3.8, 4) is 0 Å². The quantitative estimate of drug-likeness (QED) is 0.642. The van der Waals surface area contributed by atoms with E-state index in [1.165, 1.54) is 11.0 Å². The highest BCUT2D eigenvalue weighted by molar-refractivity contribution is 6.13. The number of anilines is 2. The number of para-hydroxylation sites is 2. The summed E-state index contributed by atoms with van der Waals surface area (Å²) < 4.78 is 0. The molecule has 0 unspecified atom stereocenters. The van der Waals surface area contributed by atoms with Crippen LogP contribution in [0.5, 0.6) is 0 Å². The molecule has 142 valence electrons. The maximum atomic E-state index is 13.4. The van der Waals surface area contributed by atoms with Gasteiger partial charge >= 0.3 is 5.97 Å². The van der Waals surface area contributed by atoms with Gasteiger partial charge in [0, 0.05) is 11.3 Å². The Balaban J connectivity index is 2.11. The van der Waals surface area contributed by atoms with E-state index < -0.39 is 5.97 Å². The molecule has 3 aromatic rings. The predicted octanol–water partition coefficient (Wildman–Crippen LogP) is 5.66. The average molecular weight is 373 g/mol. The van der Waals surface area contributed by atoms with E-state index in [0.29, 0.717) is 16.9 Å². The standard InChI is InChI=1S/C24H23NO3/c1-24(2,3)18-15-13-17(14-16-18)22(26)25(19-9-5-4-6-10-19)21-12-8-7-11-20(21)23(27)28/h4-16H,1-3H3,(H,27,28). The SMILES string of the molecule is CC(C)(C)c1ccc(C(=O)N(c2ccccc2)c2ccccc2C(=O)O)cc1. The lowest BCUT2D eigenvalue weighted by atomic mass is 9.86. The molecule has 0 atom stereocenters. The van der Waals surface area contributed by atoms with Crippen LogP contribution < -0.4 is 4.90 Å². The van der Waals surface area contributed by atoms with E-state index in [9.17, 15) is 14.7 Å². The molecule has 28 heavy (non-hydrogen) atoms. The van der Waals surface area contributed by atoms with Gasteiger partial charge in [-0.05, 0) is 47.4 Å². The molecule has 0 aliphatic heterocycles. The van der Waals surface area contributed by atoms with Crippen LogP contribution in [0.4, 0.5) is 11.4 Å². The summed E-state index contributed by atoms with van der Waals surface area (Å²) in [7, 11) is 0. The molecule has 1 N–H and O–H groups in total. The maximum Gasteiger partial charge on any atom is 0.337 e. The first-order chi connectivity index (χ1) is 13.3. The first-order valence-corrected chi connectivity index (χ1v) is 9.11. The Morgan fingerprint density at radius 2 is 1.36 bits per heavy atom. The molecule has 0 saturated heterocycles. The van der Waals surface area contributed by atoms with Gasteiger partial charge in [0.05, 0.1) is 11.3 Å². The minimum atomic E-state index is -1.08. The number of nitrogens with zero attached hydrogens (tertiary/aromatic N) is 1. The van der Waals surface area contributed by atoms with Crippen molar-refractivity contribution in [1.82, 2.24) is 0 Å². The van der Waals surface area contributed by atoms with Crippen LogP contribution in [0.15, 0.2) is 78.9 Å². The molecule has 3 aromatic carbocycles. The molecule has 0 spiro atoms. The number of carbonyl (C=O) groups excluding carboxylic acids is 1. The zero-order chi connectivity index (χ0) is 20.3. The summed E-state index contributed by atoms with van der Waals surface area (Å²) >= 11 is 0. The van der Waals surface area contributed by atoms with Crippen molar-refractivity contribution in [2.45, 2.75) is 26.2 Å². The van der Waals surface area contributed by atoms with E-state index in [1.54, 1.807) is 42.5 Å². The molecule has 0 bridgehead atoms. The van der Waals surface area contributed by atoms with Gasteiger partial charge in [-0.2, -0.15) is 0 Å². The number of carboxylic acid groups (broad SMARTS) is 1. The fourth-order valence-corrected chi connectivity index (χ4v) is 3.03. The van der Waals surface area contributed by atoms with E-state index in [1.807, 2.05) is 30.3 Å². The number of amides is 1. The van der Waals surface area contributed by atoms with Gasteiger partial charge in [-0.15, -0.1) is 0 Å². The van der Waals surface area contributed by atoms with Crippen molar-refractivity contribution in [2.24, 2.45) is 0 Å². The van der Waals surface area contributed by atoms with Crippen molar-refractivity contribution in [3.05, 3.63) is 95.6 Å². The van der Waals surface area contributed by atoms with Crippen LogP contribution in [0, 0.1) is 0 Å². The Labute approximate surface area is 165 Å². The number of carboxylic acids is 1. The number of hydrogen-bond donors (Lipinski definition) is 1. The normalized spacial score (nSPS) is 11.1. The van der Waals surface area contributed by atoms with Gasteiger partial charge in [-0.3, -0.25) is 9.69 Å². The lowest BCUT2D eigenvalue weighted by Crippen LogP contribution is -2.27. The second kappa shape index (κ2) is 7.69. The van der Waals surface area contributed by atoms with E-state index in [4.69, 9.17) is 0 Å². The Morgan fingerprint density at radius 1 is 0.786 bits per heavy atom. The van der Waals surface area contributed by atoms with Crippen molar-refractivity contribution in [1.29, 1.82) is 0 Å². The largest absolute Gasteiger partial charge is 0.478 e. The third-order valence-electron chi connectivity index (χ3n) is 4.59. The van der Waals surface area contributed by atoms with Crippen LogP contribution in [0.3, 0.4) is 0 Å². The van der Waals surface area contributed by atoms with Gasteiger partial charge in [0.25, 0.3) is 5.91 Å². The fourth-order valence-electron chi connectivity index (χ4n) is 3.03. The summed E-state index contributed by atoms with van der Waals surface area (Å²) in [5.74, 6) is -1.35. The van der Waals surface area contributed by atoms with Crippen LogP contribution >= 0.6 is 0 Å². The van der Waals surface area contributed by atoms with E-state index in [2.05, 4.69) is 20.8 Å². The first-order valence-electron chi connectivity index (χ1n) is 9.11. The number of benzene rings is 3. The maximum absolute atomic E-state index is 13.4. The summed E-state index contributed by atoms with van der Waals surface area (Å²) in [5, 5.41) is 9.60. The van der Waals surface area contributed by atoms with Crippen LogP contribution in [0.25, 0.3) is 0 Å². The van der Waals surface area contributed by atoms with Gasteiger partial charge in [-0.1, -0.05) is 63.2 Å². The van der Waals surface area contributed by atoms with Crippen molar-refractivity contribution < 1.29 is 14.7 Å². The molecule has 0 radical (unpaired) electrons. The lowest BCUT2D eigenvalue weighted by Gasteiger charge is -2.25. The van der Waals surface area contributed by atoms with Crippen LogP contribution in [-0.2, 0) is 5.41 Å². The number of hydrogen-bond acceptors (Lipinski definition) is 2. The molecule has 0 fully saturated rings. The van der Waals surface area contributed by atoms with E-state index >= 15 is 0 Å². The zero-order valence-corrected chi connectivity index (χ0v) is 16.2. The molecule has 0 aromatic heterocycles. The zero-order valence-electron chi connectivity index (χ0n) is 16.2.